The van der Waals surface area contributed by atoms with Crippen LogP contribution in [-0.2, 0) is 9.53 Å². The molecule has 1 aliphatic rings. The molecule has 1 aliphatic heterocycles. The van der Waals surface area contributed by atoms with E-state index in [-0.39, 0.29) is 12.6 Å². The predicted molar refractivity (Wildman–Crippen MR) is 61.2 cm³/mol. The summed E-state index contributed by atoms with van der Waals surface area (Å²) in [5.74, 6) is -0.111. The first-order chi connectivity index (χ1) is 7.76. The maximum atomic E-state index is 11.2. The van der Waals surface area contributed by atoms with E-state index in [0.717, 1.165) is 39.3 Å². The van der Waals surface area contributed by atoms with Crippen molar-refractivity contribution in [2.24, 2.45) is 0 Å². The van der Waals surface area contributed by atoms with E-state index in [1.54, 1.807) is 0 Å². The molecule has 1 N–H and O–H groups in total. The zero-order valence-electron chi connectivity index (χ0n) is 10.0. The number of carbonyl (C=O) groups excluding carboxylic acids is 1. The zero-order chi connectivity index (χ0) is 11.8. The van der Waals surface area contributed by atoms with Gasteiger partial charge >= 0.3 is 5.97 Å². The molecule has 5 heteroatoms. The van der Waals surface area contributed by atoms with Gasteiger partial charge in [0.15, 0.2) is 0 Å². The minimum absolute atomic E-state index is 0.111. The maximum absolute atomic E-state index is 11.2. The Morgan fingerprint density at radius 2 is 1.75 bits per heavy atom. The van der Waals surface area contributed by atoms with Crippen molar-refractivity contribution >= 4 is 5.97 Å². The highest BCUT2D eigenvalue weighted by molar-refractivity contribution is 5.69. The summed E-state index contributed by atoms with van der Waals surface area (Å²) in [5.41, 5.74) is 0. The number of carbonyl (C=O) groups is 1. The predicted octanol–water partition coefficient (Wildman–Crippen LogP) is -0.450. The molecule has 0 aliphatic carbocycles. The van der Waals surface area contributed by atoms with Crippen LogP contribution in [0.25, 0.3) is 0 Å². The van der Waals surface area contributed by atoms with Crippen LogP contribution < -0.4 is 0 Å². The number of rotatable bonds is 6. The number of β-amino-alcohol motifs (C(OH)–C–C–N with tert-alkyl or cyclic N) is 1. The van der Waals surface area contributed by atoms with Crippen molar-refractivity contribution in [1.29, 1.82) is 0 Å². The monoisotopic (exact) mass is 230 g/mol. The summed E-state index contributed by atoms with van der Waals surface area (Å²) >= 11 is 0. The quantitative estimate of drug-likeness (QED) is 0.626. The fourth-order valence-corrected chi connectivity index (χ4v) is 1.86. The Hall–Kier alpha value is -0.650. The average molecular weight is 230 g/mol. The van der Waals surface area contributed by atoms with Crippen LogP contribution >= 0.6 is 0 Å². The summed E-state index contributed by atoms with van der Waals surface area (Å²) < 4.78 is 4.88. The van der Waals surface area contributed by atoms with Gasteiger partial charge in [-0.05, 0) is 6.92 Å². The number of aliphatic hydroxyl groups excluding tert-OH is 1. The van der Waals surface area contributed by atoms with Crippen molar-refractivity contribution in [2.45, 2.75) is 13.3 Å². The molecule has 0 aromatic rings. The lowest BCUT2D eigenvalue weighted by Gasteiger charge is -2.34. The molecule has 94 valence electrons. The lowest BCUT2D eigenvalue weighted by atomic mass is 10.3. The van der Waals surface area contributed by atoms with Crippen LogP contribution in [0, 0.1) is 0 Å². The number of ether oxygens (including phenoxy) is 1. The van der Waals surface area contributed by atoms with Gasteiger partial charge in [0.1, 0.15) is 0 Å². The summed E-state index contributed by atoms with van der Waals surface area (Å²) in [5, 5.41) is 8.80. The molecule has 0 atom stereocenters. The van der Waals surface area contributed by atoms with Crippen molar-refractivity contribution in [2.75, 3.05) is 52.5 Å². The maximum Gasteiger partial charge on any atom is 0.307 e. The van der Waals surface area contributed by atoms with E-state index in [0.29, 0.717) is 13.0 Å². The Morgan fingerprint density at radius 3 is 2.25 bits per heavy atom. The molecule has 1 rings (SSSR count). The first-order valence-corrected chi connectivity index (χ1v) is 5.97. The smallest absolute Gasteiger partial charge is 0.307 e. The van der Waals surface area contributed by atoms with Gasteiger partial charge in [0.25, 0.3) is 0 Å². The molecule has 5 nitrogen and oxygen atoms in total. The van der Waals surface area contributed by atoms with Crippen molar-refractivity contribution in [1.82, 2.24) is 9.80 Å². The lowest BCUT2D eigenvalue weighted by Crippen LogP contribution is -2.47. The van der Waals surface area contributed by atoms with E-state index in [1.165, 1.54) is 0 Å². The van der Waals surface area contributed by atoms with Gasteiger partial charge in [0, 0.05) is 39.3 Å². The van der Waals surface area contributed by atoms with Gasteiger partial charge in [-0.2, -0.15) is 0 Å². The van der Waals surface area contributed by atoms with Crippen molar-refractivity contribution in [3.63, 3.8) is 0 Å². The Morgan fingerprint density at radius 1 is 1.19 bits per heavy atom. The summed E-state index contributed by atoms with van der Waals surface area (Å²) in [6, 6.07) is 0. The van der Waals surface area contributed by atoms with E-state index in [2.05, 4.69) is 9.80 Å². The second kappa shape index (κ2) is 7.60. The highest BCUT2D eigenvalue weighted by atomic mass is 16.5. The summed E-state index contributed by atoms with van der Waals surface area (Å²) in [6.07, 6.45) is 0.480. The third-order valence-electron chi connectivity index (χ3n) is 2.82. The van der Waals surface area contributed by atoms with E-state index < -0.39 is 0 Å². The van der Waals surface area contributed by atoms with Crippen LogP contribution in [0.15, 0.2) is 0 Å². The van der Waals surface area contributed by atoms with Gasteiger partial charge in [0.2, 0.25) is 0 Å². The van der Waals surface area contributed by atoms with Crippen LogP contribution in [0.2, 0.25) is 0 Å². The van der Waals surface area contributed by atoms with Gasteiger partial charge in [-0.3, -0.25) is 9.69 Å². The molecule has 0 bridgehead atoms. The number of hydrogen-bond acceptors (Lipinski definition) is 5. The van der Waals surface area contributed by atoms with Gasteiger partial charge in [-0.1, -0.05) is 0 Å². The molecule has 0 aromatic carbocycles. The molecule has 0 saturated carbocycles. The minimum atomic E-state index is -0.111. The van der Waals surface area contributed by atoms with Crippen molar-refractivity contribution in [3.05, 3.63) is 0 Å². The molecular formula is C11H22N2O3. The van der Waals surface area contributed by atoms with Crippen molar-refractivity contribution in [3.8, 4) is 0 Å². The van der Waals surface area contributed by atoms with E-state index in [4.69, 9.17) is 9.84 Å². The molecule has 0 unspecified atom stereocenters. The first-order valence-electron chi connectivity index (χ1n) is 5.97. The topological polar surface area (TPSA) is 53.0 Å². The molecular weight excluding hydrogens is 208 g/mol. The fraction of sp³-hybridized carbons (Fsp3) is 0.909. The van der Waals surface area contributed by atoms with Crippen LogP contribution in [0.1, 0.15) is 13.3 Å². The fourth-order valence-electron chi connectivity index (χ4n) is 1.86. The standard InChI is InChI=1S/C11H22N2O3/c1-2-16-11(15)3-4-12-5-7-13(8-6-12)9-10-14/h14H,2-10H2,1H3. The molecule has 0 amide bonds. The summed E-state index contributed by atoms with van der Waals surface area (Å²) in [4.78, 5) is 15.7. The van der Waals surface area contributed by atoms with Crippen LogP contribution in [0.5, 0.6) is 0 Å². The summed E-state index contributed by atoms with van der Waals surface area (Å²) in [6.45, 7) is 7.95. The first kappa shape index (κ1) is 13.4. The number of hydrogen-bond donors (Lipinski definition) is 1. The van der Waals surface area contributed by atoms with Crippen LogP contribution in [0.3, 0.4) is 0 Å². The normalized spacial score (nSPS) is 18.6. The molecule has 1 heterocycles. The largest absolute Gasteiger partial charge is 0.466 e. The second-order valence-electron chi connectivity index (χ2n) is 3.96. The summed E-state index contributed by atoms with van der Waals surface area (Å²) in [7, 11) is 0. The molecule has 0 aromatic heterocycles. The Balaban J connectivity index is 2.10. The SMILES string of the molecule is CCOC(=O)CCN1CCN(CCO)CC1. The molecule has 16 heavy (non-hydrogen) atoms. The molecule has 0 spiro atoms. The average Bonchev–Trinajstić information content (AvgIpc) is 2.29. The molecule has 0 radical (unpaired) electrons. The third-order valence-corrected chi connectivity index (χ3v) is 2.82. The second-order valence-corrected chi connectivity index (χ2v) is 3.96. The molecule has 1 saturated heterocycles. The van der Waals surface area contributed by atoms with Gasteiger partial charge in [0.05, 0.1) is 19.6 Å². The highest BCUT2D eigenvalue weighted by Gasteiger charge is 2.16. The third kappa shape index (κ3) is 4.92. The van der Waals surface area contributed by atoms with Crippen molar-refractivity contribution < 1.29 is 14.6 Å². The number of piperazine rings is 1. The Bertz CT molecular complexity index is 203. The number of nitrogens with zero attached hydrogens (tertiary/aromatic N) is 2. The van der Waals surface area contributed by atoms with E-state index >= 15 is 0 Å². The van der Waals surface area contributed by atoms with E-state index in [1.807, 2.05) is 6.92 Å². The zero-order valence-corrected chi connectivity index (χ0v) is 10.0. The number of esters is 1. The number of aliphatic hydroxyl groups is 1. The van der Waals surface area contributed by atoms with Gasteiger partial charge in [-0.25, -0.2) is 0 Å². The van der Waals surface area contributed by atoms with Gasteiger partial charge < -0.3 is 14.7 Å². The lowest BCUT2D eigenvalue weighted by molar-refractivity contribution is -0.143. The Labute approximate surface area is 97.0 Å². The van der Waals surface area contributed by atoms with E-state index in [9.17, 15) is 4.79 Å². The Kier molecular flexibility index (Phi) is 6.37. The van der Waals surface area contributed by atoms with Crippen LogP contribution in [0.4, 0.5) is 0 Å². The van der Waals surface area contributed by atoms with Crippen LogP contribution in [-0.4, -0.2) is 73.4 Å². The van der Waals surface area contributed by atoms with Gasteiger partial charge in [-0.15, -0.1) is 0 Å². The molecule has 1 fully saturated rings. The minimum Gasteiger partial charge on any atom is -0.466 e. The highest BCUT2D eigenvalue weighted by Crippen LogP contribution is 2.02.